The van der Waals surface area contributed by atoms with Gasteiger partial charge in [0.25, 0.3) is 0 Å². The van der Waals surface area contributed by atoms with E-state index in [1.54, 1.807) is 6.33 Å². The molecular weight excluding hydrogens is 427 g/mol. The van der Waals surface area contributed by atoms with E-state index < -0.39 is 0 Å². The lowest BCUT2D eigenvalue weighted by molar-refractivity contribution is 0.670. The Labute approximate surface area is 158 Å². The average Bonchev–Trinajstić information content (AvgIpc) is 2.97. The normalized spacial score (nSPS) is 11.0. The lowest BCUT2D eigenvalue weighted by Gasteiger charge is -2.11. The second-order valence-corrected chi connectivity index (χ2v) is 5.15. The minimum Gasteiger partial charge on any atom is -0.357 e. The number of aromatic nitrogens is 3. The molecule has 23 heavy (non-hydrogen) atoms. The van der Waals surface area contributed by atoms with Crippen molar-refractivity contribution < 1.29 is 0 Å². The van der Waals surface area contributed by atoms with Gasteiger partial charge < -0.3 is 15.2 Å². The van der Waals surface area contributed by atoms with E-state index in [1.165, 1.54) is 0 Å². The summed E-state index contributed by atoms with van der Waals surface area (Å²) in [4.78, 5) is 4.56. The number of benzene rings is 1. The fraction of sp³-hybridized carbons (Fsp3) is 0.400. The van der Waals surface area contributed by atoms with Crippen LogP contribution in [-0.4, -0.2) is 27.3 Å². The van der Waals surface area contributed by atoms with Gasteiger partial charge in [0.1, 0.15) is 6.33 Å². The van der Waals surface area contributed by atoms with Gasteiger partial charge in [-0.3, -0.25) is 0 Å². The van der Waals surface area contributed by atoms with E-state index in [9.17, 15) is 0 Å². The molecule has 0 fully saturated rings. The monoisotopic (exact) mass is 448 g/mol. The molecule has 0 atom stereocenters. The molecule has 2 rings (SSSR count). The molecule has 0 radical (unpaired) electrons. The fourth-order valence-corrected chi connectivity index (χ4v) is 2.20. The first-order valence-electron chi connectivity index (χ1n) is 7.36. The lowest BCUT2D eigenvalue weighted by atomic mass is 10.2. The maximum Gasteiger partial charge on any atom is 0.191 e. The van der Waals surface area contributed by atoms with Gasteiger partial charge in [0.15, 0.2) is 11.8 Å². The maximum atomic E-state index is 5.99. The predicted molar refractivity (Wildman–Crippen MR) is 104 cm³/mol. The van der Waals surface area contributed by atoms with Gasteiger partial charge in [-0.05, 0) is 31.5 Å². The highest BCUT2D eigenvalue weighted by Gasteiger charge is 2.04. The zero-order chi connectivity index (χ0) is 15.8. The van der Waals surface area contributed by atoms with Gasteiger partial charge in [-0.15, -0.1) is 34.2 Å². The Morgan fingerprint density at radius 3 is 2.83 bits per heavy atom. The molecule has 0 aliphatic carbocycles. The molecule has 1 aromatic heterocycles. The third-order valence-corrected chi connectivity index (χ3v) is 3.34. The van der Waals surface area contributed by atoms with Gasteiger partial charge in [0.2, 0.25) is 0 Å². The molecule has 126 valence electrons. The van der Waals surface area contributed by atoms with Gasteiger partial charge in [0.05, 0.1) is 13.1 Å². The van der Waals surface area contributed by atoms with Gasteiger partial charge in [-0.1, -0.05) is 23.7 Å². The van der Waals surface area contributed by atoms with Gasteiger partial charge in [-0.25, -0.2) is 4.99 Å². The number of halogens is 2. The summed E-state index contributed by atoms with van der Waals surface area (Å²) in [5, 5.41) is 15.2. The van der Waals surface area contributed by atoms with Crippen LogP contribution >= 0.6 is 35.6 Å². The molecule has 0 aliphatic rings. The Bertz CT molecular complexity index is 628. The van der Waals surface area contributed by atoms with Crippen LogP contribution in [0.4, 0.5) is 0 Å². The van der Waals surface area contributed by atoms with Gasteiger partial charge in [0, 0.05) is 18.1 Å². The molecule has 0 bridgehead atoms. The first-order valence-corrected chi connectivity index (χ1v) is 7.74. The van der Waals surface area contributed by atoms with Crippen LogP contribution in [0.2, 0.25) is 5.02 Å². The summed E-state index contributed by atoms with van der Waals surface area (Å²) in [5.41, 5.74) is 1.07. The second-order valence-electron chi connectivity index (χ2n) is 4.71. The van der Waals surface area contributed by atoms with E-state index in [4.69, 9.17) is 11.6 Å². The molecule has 2 N–H and O–H groups in total. The van der Waals surface area contributed by atoms with Crippen molar-refractivity contribution in [1.82, 2.24) is 25.4 Å². The highest BCUT2D eigenvalue weighted by Crippen LogP contribution is 2.11. The number of guanidine groups is 1. The molecule has 0 unspecified atom stereocenters. The molecular formula is C15H22ClIN6. The number of hydrogen-bond donors (Lipinski definition) is 2. The Morgan fingerprint density at radius 2 is 2.13 bits per heavy atom. The third-order valence-electron chi connectivity index (χ3n) is 3.10. The number of aryl methyl sites for hydroxylation is 1. The topological polar surface area (TPSA) is 67.1 Å². The molecule has 8 heteroatoms. The van der Waals surface area contributed by atoms with Crippen LogP contribution in [0.25, 0.3) is 0 Å². The Hall–Kier alpha value is -1.35. The number of nitrogens with one attached hydrogen (secondary N) is 2. The van der Waals surface area contributed by atoms with Crippen LogP contribution in [0.1, 0.15) is 25.2 Å². The zero-order valence-electron chi connectivity index (χ0n) is 13.3. The quantitative estimate of drug-likeness (QED) is 0.405. The lowest BCUT2D eigenvalue weighted by Crippen LogP contribution is -2.37. The van der Waals surface area contributed by atoms with Crippen LogP contribution < -0.4 is 10.6 Å². The van der Waals surface area contributed by atoms with Crippen LogP contribution in [-0.2, 0) is 19.6 Å². The zero-order valence-corrected chi connectivity index (χ0v) is 16.4. The van der Waals surface area contributed by atoms with Crippen LogP contribution in [0.5, 0.6) is 0 Å². The molecule has 1 aromatic carbocycles. The highest BCUT2D eigenvalue weighted by atomic mass is 127. The number of hydrogen-bond acceptors (Lipinski definition) is 3. The maximum absolute atomic E-state index is 5.99. The standard InChI is InChI=1S/C15H21ClN6.HI/c1-3-17-15(18-9-12-6-5-7-13(16)8-12)19-10-14-21-20-11-22(14)4-2;/h5-8,11H,3-4,9-10H2,1-2H3,(H2,17,18,19);1H. The van der Waals surface area contributed by atoms with E-state index in [2.05, 4.69) is 32.7 Å². The molecule has 0 spiro atoms. The van der Waals surface area contributed by atoms with Crippen molar-refractivity contribution in [2.24, 2.45) is 4.99 Å². The summed E-state index contributed by atoms with van der Waals surface area (Å²) in [6, 6.07) is 7.71. The summed E-state index contributed by atoms with van der Waals surface area (Å²) in [6.07, 6.45) is 1.73. The molecule has 0 aliphatic heterocycles. The van der Waals surface area contributed by atoms with Gasteiger partial charge >= 0.3 is 0 Å². The smallest absolute Gasteiger partial charge is 0.191 e. The van der Waals surface area contributed by atoms with Gasteiger partial charge in [-0.2, -0.15) is 0 Å². The minimum atomic E-state index is 0. The summed E-state index contributed by atoms with van der Waals surface area (Å²) >= 11 is 5.99. The first-order chi connectivity index (χ1) is 10.7. The molecule has 6 nitrogen and oxygen atoms in total. The van der Waals surface area contributed by atoms with Crippen molar-refractivity contribution in [1.29, 1.82) is 0 Å². The van der Waals surface area contributed by atoms with Crippen LogP contribution in [0.15, 0.2) is 35.6 Å². The minimum absolute atomic E-state index is 0. The first kappa shape index (κ1) is 19.7. The van der Waals surface area contributed by atoms with Crippen LogP contribution in [0, 0.1) is 0 Å². The van der Waals surface area contributed by atoms with Crippen molar-refractivity contribution in [3.63, 3.8) is 0 Å². The van der Waals surface area contributed by atoms with E-state index in [1.807, 2.05) is 35.8 Å². The summed E-state index contributed by atoms with van der Waals surface area (Å²) < 4.78 is 1.99. The predicted octanol–water partition coefficient (Wildman–Crippen LogP) is 2.82. The summed E-state index contributed by atoms with van der Waals surface area (Å²) in [7, 11) is 0. The molecule has 0 saturated heterocycles. The van der Waals surface area contributed by atoms with Crippen molar-refractivity contribution in [2.75, 3.05) is 6.54 Å². The second kappa shape index (κ2) is 10.4. The number of aliphatic imine (C=N–C) groups is 1. The Balaban J connectivity index is 0.00000264. The Morgan fingerprint density at radius 1 is 1.30 bits per heavy atom. The molecule has 2 aromatic rings. The fourth-order valence-electron chi connectivity index (χ4n) is 1.99. The van der Waals surface area contributed by atoms with Crippen LogP contribution in [0.3, 0.4) is 0 Å². The van der Waals surface area contributed by atoms with E-state index in [0.29, 0.717) is 13.1 Å². The Kier molecular flexibility index (Phi) is 8.93. The van der Waals surface area contributed by atoms with Crippen molar-refractivity contribution in [3.05, 3.63) is 47.0 Å². The van der Waals surface area contributed by atoms with Crippen molar-refractivity contribution in [2.45, 2.75) is 33.5 Å². The highest BCUT2D eigenvalue weighted by molar-refractivity contribution is 14.0. The summed E-state index contributed by atoms with van der Waals surface area (Å²) in [6.45, 7) is 6.88. The largest absolute Gasteiger partial charge is 0.357 e. The number of nitrogens with zero attached hydrogens (tertiary/aromatic N) is 4. The summed E-state index contributed by atoms with van der Waals surface area (Å²) in [5.74, 6) is 1.63. The average molecular weight is 449 g/mol. The van der Waals surface area contributed by atoms with Crippen molar-refractivity contribution >= 4 is 41.5 Å². The van der Waals surface area contributed by atoms with E-state index in [-0.39, 0.29) is 24.0 Å². The SMILES string of the molecule is CCNC(=NCc1cccc(Cl)c1)NCc1nncn1CC.I. The van der Waals surface area contributed by atoms with E-state index >= 15 is 0 Å². The molecule has 1 heterocycles. The molecule has 0 amide bonds. The third kappa shape index (κ3) is 6.34. The van der Waals surface area contributed by atoms with Crippen molar-refractivity contribution in [3.8, 4) is 0 Å². The number of rotatable bonds is 6. The van der Waals surface area contributed by atoms with E-state index in [0.717, 1.165) is 35.5 Å². The molecule has 0 saturated carbocycles.